The Kier molecular flexibility index (Phi) is 7.15. The zero-order valence-electron chi connectivity index (χ0n) is 17.6. The molecule has 3 rings (SSSR count). The van der Waals surface area contributed by atoms with Gasteiger partial charge < -0.3 is 20.5 Å². The highest BCUT2D eigenvalue weighted by molar-refractivity contribution is 7.17. The second kappa shape index (κ2) is 9.80. The second-order valence-electron chi connectivity index (χ2n) is 7.50. The fraction of sp³-hybridized carbons (Fsp3) is 0.391. The molecule has 7 heteroatoms. The second-order valence-corrected chi connectivity index (χ2v) is 8.61. The zero-order chi connectivity index (χ0) is 21.7. The van der Waals surface area contributed by atoms with Crippen LogP contribution >= 0.6 is 11.3 Å². The molecule has 0 spiro atoms. The van der Waals surface area contributed by atoms with E-state index < -0.39 is 5.91 Å². The summed E-state index contributed by atoms with van der Waals surface area (Å²) in [6, 6.07) is 5.50. The Hall–Kier alpha value is -2.80. The molecule has 2 aromatic rings. The van der Waals surface area contributed by atoms with E-state index in [1.807, 2.05) is 25.1 Å². The number of nitrogens with two attached hydrogens (primary N) is 1. The van der Waals surface area contributed by atoms with Gasteiger partial charge in [-0.1, -0.05) is 19.9 Å². The molecule has 1 aliphatic rings. The molecule has 0 aliphatic heterocycles. The van der Waals surface area contributed by atoms with Crippen molar-refractivity contribution in [3.8, 4) is 11.5 Å². The molecule has 0 saturated heterocycles. The number of amides is 2. The first-order valence-corrected chi connectivity index (χ1v) is 11.0. The van der Waals surface area contributed by atoms with E-state index in [1.165, 1.54) is 17.4 Å². The number of nitrogens with one attached hydrogen (secondary N) is 1. The van der Waals surface area contributed by atoms with Crippen LogP contribution in [-0.4, -0.2) is 25.5 Å². The van der Waals surface area contributed by atoms with Crippen LogP contribution < -0.4 is 20.5 Å². The van der Waals surface area contributed by atoms with Crippen molar-refractivity contribution in [2.75, 3.05) is 19.0 Å². The summed E-state index contributed by atoms with van der Waals surface area (Å²) in [5.74, 6) is 1.05. The minimum absolute atomic E-state index is 0.311. The van der Waals surface area contributed by atoms with Crippen molar-refractivity contribution in [1.29, 1.82) is 0 Å². The number of primary amides is 1. The van der Waals surface area contributed by atoms with Crippen LogP contribution in [0.1, 0.15) is 53.1 Å². The number of thiophene rings is 1. The number of fused-ring (bicyclic) bond motifs is 1. The average Bonchev–Trinajstić information content (AvgIpc) is 3.07. The van der Waals surface area contributed by atoms with Crippen LogP contribution in [0, 0.1) is 5.92 Å². The van der Waals surface area contributed by atoms with E-state index in [4.69, 9.17) is 15.2 Å². The molecule has 1 unspecified atom stereocenters. The molecule has 0 fully saturated rings. The summed E-state index contributed by atoms with van der Waals surface area (Å²) in [5, 5.41) is 3.38. The molecule has 0 bridgehead atoms. The Morgan fingerprint density at radius 2 is 2.13 bits per heavy atom. The number of hydrogen-bond donors (Lipinski definition) is 2. The molecular formula is C23H28N2O4S. The molecule has 160 valence electrons. The lowest BCUT2D eigenvalue weighted by Crippen LogP contribution is -2.18. The molecule has 0 saturated carbocycles. The van der Waals surface area contributed by atoms with Crippen LogP contribution in [0.25, 0.3) is 6.08 Å². The van der Waals surface area contributed by atoms with Crippen LogP contribution in [0.2, 0.25) is 0 Å². The molecule has 30 heavy (non-hydrogen) atoms. The van der Waals surface area contributed by atoms with Crippen LogP contribution in [0.3, 0.4) is 0 Å². The summed E-state index contributed by atoms with van der Waals surface area (Å²) in [6.45, 7) is 4.84. The Morgan fingerprint density at radius 1 is 1.33 bits per heavy atom. The van der Waals surface area contributed by atoms with Crippen molar-refractivity contribution in [3.63, 3.8) is 0 Å². The third-order valence-corrected chi connectivity index (χ3v) is 6.24. The van der Waals surface area contributed by atoms with Gasteiger partial charge in [-0.2, -0.15) is 0 Å². The summed E-state index contributed by atoms with van der Waals surface area (Å²) in [5.41, 5.74) is 7.88. The van der Waals surface area contributed by atoms with Gasteiger partial charge in [-0.05, 0) is 60.9 Å². The predicted molar refractivity (Wildman–Crippen MR) is 120 cm³/mol. The minimum Gasteiger partial charge on any atom is -0.493 e. The van der Waals surface area contributed by atoms with E-state index in [0.717, 1.165) is 41.7 Å². The molecule has 2 amide bonds. The van der Waals surface area contributed by atoms with Gasteiger partial charge in [0.05, 0.1) is 19.3 Å². The Morgan fingerprint density at radius 3 is 2.83 bits per heavy atom. The number of carbonyl (C=O) groups is 2. The highest BCUT2D eigenvalue weighted by Gasteiger charge is 2.26. The topological polar surface area (TPSA) is 90.6 Å². The molecule has 1 heterocycles. The predicted octanol–water partition coefficient (Wildman–Crippen LogP) is 4.42. The molecular weight excluding hydrogens is 400 g/mol. The van der Waals surface area contributed by atoms with Crippen molar-refractivity contribution < 1.29 is 19.1 Å². The lowest BCUT2D eigenvalue weighted by Gasteiger charge is -2.18. The monoisotopic (exact) mass is 428 g/mol. The fourth-order valence-electron chi connectivity index (χ4n) is 3.54. The first-order chi connectivity index (χ1) is 14.4. The van der Waals surface area contributed by atoms with Gasteiger partial charge in [0.2, 0.25) is 5.91 Å². The smallest absolute Gasteiger partial charge is 0.251 e. The number of rotatable bonds is 8. The SMILES string of the molecule is CCCOc1ccc(/C=C/C(=O)Nc2sc3c(c2C(N)=O)CCC(C)C3)cc1OC. The number of ether oxygens (including phenoxy) is 2. The van der Waals surface area contributed by atoms with Crippen LogP contribution in [-0.2, 0) is 17.6 Å². The van der Waals surface area contributed by atoms with Crippen molar-refractivity contribution in [1.82, 2.24) is 0 Å². The highest BCUT2D eigenvalue weighted by atomic mass is 32.1. The molecule has 6 nitrogen and oxygen atoms in total. The van der Waals surface area contributed by atoms with Crippen LogP contribution in [0.5, 0.6) is 11.5 Å². The quantitative estimate of drug-likeness (QED) is 0.609. The Bertz CT molecular complexity index is 964. The number of carbonyl (C=O) groups excluding carboxylic acids is 2. The first kappa shape index (κ1) is 21.9. The summed E-state index contributed by atoms with van der Waals surface area (Å²) in [6.07, 6.45) is 6.80. The summed E-state index contributed by atoms with van der Waals surface area (Å²) < 4.78 is 11.0. The van der Waals surface area contributed by atoms with Gasteiger partial charge in [0.25, 0.3) is 5.91 Å². The van der Waals surface area contributed by atoms with E-state index in [9.17, 15) is 9.59 Å². The van der Waals surface area contributed by atoms with Gasteiger partial charge in [0.1, 0.15) is 5.00 Å². The summed E-state index contributed by atoms with van der Waals surface area (Å²) in [7, 11) is 1.58. The first-order valence-electron chi connectivity index (χ1n) is 10.2. The van der Waals surface area contributed by atoms with Crippen LogP contribution in [0.4, 0.5) is 5.00 Å². The van der Waals surface area contributed by atoms with Gasteiger partial charge in [0.15, 0.2) is 11.5 Å². The zero-order valence-corrected chi connectivity index (χ0v) is 18.4. The van der Waals surface area contributed by atoms with Gasteiger partial charge in [-0.15, -0.1) is 11.3 Å². The summed E-state index contributed by atoms with van der Waals surface area (Å²) >= 11 is 1.46. The Balaban J connectivity index is 1.74. The van der Waals surface area contributed by atoms with Crippen molar-refractivity contribution in [2.24, 2.45) is 11.7 Å². The standard InChI is InChI=1S/C23H28N2O4S/c1-4-11-29-17-9-6-15(13-18(17)28-3)7-10-20(26)25-23-21(22(24)27)16-8-5-14(2)12-19(16)30-23/h6-7,9-10,13-14H,4-5,8,11-12H2,1-3H3,(H2,24,27)(H,25,26)/b10-7+. The van der Waals surface area contributed by atoms with E-state index in [-0.39, 0.29) is 5.91 Å². The van der Waals surface area contributed by atoms with Gasteiger partial charge in [0, 0.05) is 11.0 Å². The maximum absolute atomic E-state index is 12.5. The number of hydrogen-bond acceptors (Lipinski definition) is 5. The Labute approximate surface area is 181 Å². The molecule has 1 atom stereocenters. The van der Waals surface area contributed by atoms with Crippen LogP contribution in [0.15, 0.2) is 24.3 Å². The fourth-order valence-corrected chi connectivity index (χ4v) is 4.96. The summed E-state index contributed by atoms with van der Waals surface area (Å²) in [4.78, 5) is 25.7. The maximum atomic E-state index is 12.5. The lowest BCUT2D eigenvalue weighted by atomic mass is 9.88. The number of methoxy groups -OCH3 is 1. The van der Waals surface area contributed by atoms with E-state index in [2.05, 4.69) is 12.2 Å². The maximum Gasteiger partial charge on any atom is 0.251 e. The van der Waals surface area contributed by atoms with Gasteiger partial charge >= 0.3 is 0 Å². The average molecular weight is 429 g/mol. The third kappa shape index (κ3) is 5.02. The highest BCUT2D eigenvalue weighted by Crippen LogP contribution is 2.39. The third-order valence-electron chi connectivity index (χ3n) is 5.07. The van der Waals surface area contributed by atoms with E-state index in [0.29, 0.717) is 34.6 Å². The van der Waals surface area contributed by atoms with Crippen molar-refractivity contribution in [2.45, 2.75) is 39.5 Å². The molecule has 0 radical (unpaired) electrons. The van der Waals surface area contributed by atoms with Gasteiger partial charge in [-0.25, -0.2) is 0 Å². The molecule has 1 aromatic carbocycles. The van der Waals surface area contributed by atoms with Crippen molar-refractivity contribution >= 4 is 34.2 Å². The van der Waals surface area contributed by atoms with Crippen molar-refractivity contribution in [3.05, 3.63) is 45.8 Å². The van der Waals surface area contributed by atoms with E-state index in [1.54, 1.807) is 13.2 Å². The van der Waals surface area contributed by atoms with E-state index >= 15 is 0 Å². The minimum atomic E-state index is -0.492. The van der Waals surface area contributed by atoms with Gasteiger partial charge in [-0.3, -0.25) is 9.59 Å². The molecule has 1 aromatic heterocycles. The number of anilines is 1. The molecule has 3 N–H and O–H groups in total. The largest absolute Gasteiger partial charge is 0.493 e. The number of benzene rings is 1. The normalized spacial score (nSPS) is 15.6. The molecule has 1 aliphatic carbocycles. The lowest BCUT2D eigenvalue weighted by molar-refractivity contribution is -0.111.